The van der Waals surface area contributed by atoms with Crippen LogP contribution in [0.4, 0.5) is 0 Å². The molecule has 0 fully saturated rings. The minimum atomic E-state index is 0.145. The van der Waals surface area contributed by atoms with Gasteiger partial charge in [-0.25, -0.2) is 0 Å². The molecule has 0 spiro atoms. The summed E-state index contributed by atoms with van der Waals surface area (Å²) in [6, 6.07) is 6.09. The predicted molar refractivity (Wildman–Crippen MR) is 73.4 cm³/mol. The molecular formula is C14H17NOS. The number of rotatable bonds is 4. The average Bonchev–Trinajstić information content (AvgIpc) is 2.35. The molecule has 1 aliphatic rings. The van der Waals surface area contributed by atoms with Gasteiger partial charge in [0.05, 0.1) is 4.99 Å². The number of hydrogen-bond acceptors (Lipinski definition) is 2. The van der Waals surface area contributed by atoms with E-state index in [1.54, 1.807) is 0 Å². The van der Waals surface area contributed by atoms with E-state index in [2.05, 4.69) is 12.1 Å². The molecule has 0 saturated heterocycles. The number of carbonyl (C=O) groups is 1. The summed E-state index contributed by atoms with van der Waals surface area (Å²) in [6.45, 7) is 0. The maximum Gasteiger partial charge on any atom is 0.163 e. The molecule has 0 amide bonds. The molecule has 0 aliphatic heterocycles. The first-order chi connectivity index (χ1) is 8.16. The zero-order chi connectivity index (χ0) is 12.3. The van der Waals surface area contributed by atoms with Crippen molar-refractivity contribution in [1.82, 2.24) is 0 Å². The maximum atomic E-state index is 11.9. The molecule has 0 unspecified atom stereocenters. The normalized spacial score (nSPS) is 14.1. The average molecular weight is 247 g/mol. The summed E-state index contributed by atoms with van der Waals surface area (Å²) in [5, 5.41) is 0. The standard InChI is InChI=1S/C14H17NOS/c15-14(17)8-7-13(16)12-6-5-10-3-1-2-4-11(10)9-12/h5-6,9H,1-4,7-8H2,(H2,15,17). The van der Waals surface area contributed by atoms with Crippen molar-refractivity contribution in [3.8, 4) is 0 Å². The lowest BCUT2D eigenvalue weighted by Gasteiger charge is -2.16. The van der Waals surface area contributed by atoms with Gasteiger partial charge in [0.25, 0.3) is 0 Å². The van der Waals surface area contributed by atoms with E-state index in [1.807, 2.05) is 6.07 Å². The minimum absolute atomic E-state index is 0.145. The summed E-state index contributed by atoms with van der Waals surface area (Å²) in [5.41, 5.74) is 8.97. The van der Waals surface area contributed by atoms with Crippen LogP contribution >= 0.6 is 12.2 Å². The minimum Gasteiger partial charge on any atom is -0.393 e. The van der Waals surface area contributed by atoms with Gasteiger partial charge in [-0.05, 0) is 42.9 Å². The fourth-order valence-corrected chi connectivity index (χ4v) is 2.39. The van der Waals surface area contributed by atoms with Crippen LogP contribution in [0.5, 0.6) is 0 Å². The smallest absolute Gasteiger partial charge is 0.163 e. The zero-order valence-corrected chi connectivity index (χ0v) is 10.7. The van der Waals surface area contributed by atoms with Gasteiger partial charge in [-0.2, -0.15) is 0 Å². The summed E-state index contributed by atoms with van der Waals surface area (Å²) in [5.74, 6) is 0.145. The Labute approximate surface area is 107 Å². The van der Waals surface area contributed by atoms with Crippen LogP contribution in [0, 0.1) is 0 Å². The first-order valence-corrected chi connectivity index (χ1v) is 6.51. The number of Topliss-reactive ketones (excluding diaryl/α,β-unsaturated/α-hetero) is 1. The van der Waals surface area contributed by atoms with E-state index in [9.17, 15) is 4.79 Å². The van der Waals surface area contributed by atoms with Crippen molar-refractivity contribution in [1.29, 1.82) is 0 Å². The number of aryl methyl sites for hydroxylation is 2. The summed E-state index contributed by atoms with van der Waals surface area (Å²) < 4.78 is 0. The highest BCUT2D eigenvalue weighted by Gasteiger charge is 2.12. The van der Waals surface area contributed by atoms with Gasteiger partial charge in [0.15, 0.2) is 5.78 Å². The molecule has 1 aliphatic carbocycles. The second-order valence-corrected chi connectivity index (χ2v) is 5.10. The molecule has 2 rings (SSSR count). The quantitative estimate of drug-likeness (QED) is 0.657. The Bertz CT molecular complexity index is 454. The number of thiocarbonyl (C=S) groups is 1. The van der Waals surface area contributed by atoms with Crippen molar-refractivity contribution >= 4 is 23.0 Å². The van der Waals surface area contributed by atoms with Gasteiger partial charge in [0, 0.05) is 18.4 Å². The van der Waals surface area contributed by atoms with Crippen molar-refractivity contribution in [2.24, 2.45) is 5.73 Å². The van der Waals surface area contributed by atoms with E-state index < -0.39 is 0 Å². The van der Waals surface area contributed by atoms with Gasteiger partial charge in [0.1, 0.15) is 0 Å². The van der Waals surface area contributed by atoms with Gasteiger partial charge < -0.3 is 5.73 Å². The second kappa shape index (κ2) is 5.41. The highest BCUT2D eigenvalue weighted by atomic mass is 32.1. The molecule has 3 heteroatoms. The highest BCUT2D eigenvalue weighted by Crippen LogP contribution is 2.22. The zero-order valence-electron chi connectivity index (χ0n) is 9.87. The first kappa shape index (κ1) is 12.2. The van der Waals surface area contributed by atoms with E-state index in [0.717, 1.165) is 18.4 Å². The SMILES string of the molecule is NC(=S)CCC(=O)c1ccc2c(c1)CCCC2. The second-order valence-electron chi connectivity index (χ2n) is 4.58. The van der Waals surface area contributed by atoms with Crippen LogP contribution in [0.25, 0.3) is 0 Å². The molecule has 90 valence electrons. The molecule has 2 N–H and O–H groups in total. The number of ketones is 1. The predicted octanol–water partition coefficient (Wildman–Crippen LogP) is 2.81. The molecule has 0 saturated carbocycles. The number of fused-ring (bicyclic) bond motifs is 1. The lowest BCUT2D eigenvalue weighted by molar-refractivity contribution is 0.0985. The summed E-state index contributed by atoms with van der Waals surface area (Å²) >= 11 is 4.79. The van der Waals surface area contributed by atoms with Crippen LogP contribution in [-0.4, -0.2) is 10.8 Å². The van der Waals surface area contributed by atoms with Gasteiger partial charge in [-0.1, -0.05) is 24.4 Å². The third-order valence-corrected chi connectivity index (χ3v) is 3.47. The molecular weight excluding hydrogens is 230 g/mol. The van der Waals surface area contributed by atoms with E-state index in [0.29, 0.717) is 17.8 Å². The Morgan fingerprint density at radius 1 is 1.18 bits per heavy atom. The fraction of sp³-hybridized carbons (Fsp3) is 0.429. The molecule has 0 bridgehead atoms. The number of benzene rings is 1. The monoisotopic (exact) mass is 247 g/mol. The molecule has 1 aromatic carbocycles. The number of nitrogens with two attached hydrogens (primary N) is 1. The lowest BCUT2D eigenvalue weighted by atomic mass is 9.89. The van der Waals surface area contributed by atoms with E-state index in [-0.39, 0.29) is 5.78 Å². The molecule has 0 atom stereocenters. The molecule has 0 aromatic heterocycles. The van der Waals surface area contributed by atoms with Crippen LogP contribution in [0.15, 0.2) is 18.2 Å². The van der Waals surface area contributed by atoms with Gasteiger partial charge in [-0.15, -0.1) is 0 Å². The third kappa shape index (κ3) is 3.13. The van der Waals surface area contributed by atoms with E-state index in [4.69, 9.17) is 18.0 Å². The Balaban J connectivity index is 2.11. The molecule has 2 nitrogen and oxygen atoms in total. The Kier molecular flexibility index (Phi) is 3.89. The Hall–Kier alpha value is -1.22. The highest BCUT2D eigenvalue weighted by molar-refractivity contribution is 7.80. The van der Waals surface area contributed by atoms with Crippen molar-refractivity contribution in [2.75, 3.05) is 0 Å². The van der Waals surface area contributed by atoms with Gasteiger partial charge >= 0.3 is 0 Å². The Morgan fingerprint density at radius 2 is 1.88 bits per heavy atom. The summed E-state index contributed by atoms with van der Waals surface area (Å²) in [7, 11) is 0. The maximum absolute atomic E-state index is 11.9. The number of carbonyl (C=O) groups excluding carboxylic acids is 1. The van der Waals surface area contributed by atoms with Crippen molar-refractivity contribution in [3.63, 3.8) is 0 Å². The topological polar surface area (TPSA) is 43.1 Å². The Morgan fingerprint density at radius 3 is 2.59 bits per heavy atom. The largest absolute Gasteiger partial charge is 0.393 e. The molecule has 1 aromatic rings. The molecule has 17 heavy (non-hydrogen) atoms. The van der Waals surface area contributed by atoms with Crippen molar-refractivity contribution < 1.29 is 4.79 Å². The van der Waals surface area contributed by atoms with Crippen molar-refractivity contribution in [2.45, 2.75) is 38.5 Å². The van der Waals surface area contributed by atoms with Gasteiger partial charge in [-0.3, -0.25) is 4.79 Å². The first-order valence-electron chi connectivity index (χ1n) is 6.10. The molecule has 0 radical (unpaired) electrons. The van der Waals surface area contributed by atoms with Crippen LogP contribution in [0.3, 0.4) is 0 Å². The third-order valence-electron chi connectivity index (χ3n) is 3.27. The molecule has 0 heterocycles. The fourth-order valence-electron chi connectivity index (χ4n) is 2.29. The number of hydrogen-bond donors (Lipinski definition) is 1. The van der Waals surface area contributed by atoms with E-state index >= 15 is 0 Å². The summed E-state index contributed by atoms with van der Waals surface area (Å²) in [6.07, 6.45) is 5.68. The van der Waals surface area contributed by atoms with Crippen LogP contribution in [0.1, 0.15) is 47.2 Å². The van der Waals surface area contributed by atoms with Crippen molar-refractivity contribution in [3.05, 3.63) is 34.9 Å². The van der Waals surface area contributed by atoms with E-state index in [1.165, 1.54) is 24.0 Å². The summed E-state index contributed by atoms with van der Waals surface area (Å²) in [4.78, 5) is 12.3. The van der Waals surface area contributed by atoms with Crippen LogP contribution < -0.4 is 5.73 Å². The lowest BCUT2D eigenvalue weighted by Crippen LogP contribution is -2.11. The van der Waals surface area contributed by atoms with Crippen LogP contribution in [-0.2, 0) is 12.8 Å². The van der Waals surface area contributed by atoms with Gasteiger partial charge in [0.2, 0.25) is 0 Å². The van der Waals surface area contributed by atoms with Crippen LogP contribution in [0.2, 0.25) is 0 Å².